The zero-order valence-electron chi connectivity index (χ0n) is 33.9. The van der Waals surface area contributed by atoms with Crippen molar-refractivity contribution in [2.45, 2.75) is 13.3 Å². The van der Waals surface area contributed by atoms with E-state index in [-0.39, 0.29) is 0 Å². The highest BCUT2D eigenvalue weighted by Gasteiger charge is 2.25. The molecule has 0 saturated heterocycles. The van der Waals surface area contributed by atoms with E-state index in [2.05, 4.69) is 198 Å². The third-order valence-corrected chi connectivity index (χ3v) is 12.5. The molecule has 4 heteroatoms. The van der Waals surface area contributed by atoms with Gasteiger partial charge < -0.3 is 18.5 Å². The first-order chi connectivity index (χ1) is 30.1. The maximum absolute atomic E-state index is 6.45. The number of methoxy groups -OCH3 is 1. The Balaban J connectivity index is 0.965. The van der Waals surface area contributed by atoms with E-state index in [1.165, 1.54) is 60.3 Å². The fourth-order valence-electron chi connectivity index (χ4n) is 9.77. The number of hydrogen-bond donors (Lipinski definition) is 0. The van der Waals surface area contributed by atoms with Crippen LogP contribution in [0, 0.1) is 6.92 Å². The van der Waals surface area contributed by atoms with Crippen LogP contribution in [0.5, 0.6) is 5.75 Å². The minimum atomic E-state index is 0.788. The van der Waals surface area contributed by atoms with Crippen molar-refractivity contribution in [1.29, 1.82) is 0 Å². The van der Waals surface area contributed by atoms with Crippen LogP contribution in [-0.4, -0.2) is 11.5 Å². The average molecular weight is 785 g/mol. The Morgan fingerprint density at radius 2 is 1.20 bits per heavy atom. The molecule has 0 atom stereocenters. The predicted octanol–water partition coefficient (Wildman–Crippen LogP) is 15.5. The summed E-state index contributed by atoms with van der Waals surface area (Å²) in [7, 11) is 1.77. The molecule has 61 heavy (non-hydrogen) atoms. The fourth-order valence-corrected chi connectivity index (χ4v) is 9.77. The van der Waals surface area contributed by atoms with E-state index in [0.29, 0.717) is 0 Å². The van der Waals surface area contributed by atoms with Gasteiger partial charge in [0.25, 0.3) is 0 Å². The largest absolute Gasteiger partial charge is 0.496 e. The van der Waals surface area contributed by atoms with Crippen LogP contribution in [0.1, 0.15) is 23.3 Å². The molecule has 0 amide bonds. The summed E-state index contributed by atoms with van der Waals surface area (Å²) in [6.07, 6.45) is 7.39. The molecule has 11 aromatic rings. The first kappa shape index (κ1) is 35.2. The number of aromatic nitrogens is 1. The van der Waals surface area contributed by atoms with Gasteiger partial charge in [-0.25, -0.2) is 0 Å². The van der Waals surface area contributed by atoms with Crippen molar-refractivity contribution >= 4 is 72.2 Å². The van der Waals surface area contributed by atoms with E-state index < -0.39 is 0 Å². The third-order valence-electron chi connectivity index (χ3n) is 12.5. The Morgan fingerprint density at radius 1 is 0.541 bits per heavy atom. The molecule has 3 heterocycles. The van der Waals surface area contributed by atoms with Crippen molar-refractivity contribution in [3.63, 3.8) is 0 Å². The lowest BCUT2D eigenvalue weighted by molar-refractivity contribution is 0.416. The molecule has 290 valence electrons. The first-order valence-electron chi connectivity index (χ1n) is 20.9. The van der Waals surface area contributed by atoms with Crippen LogP contribution in [-0.2, 0) is 0 Å². The van der Waals surface area contributed by atoms with Gasteiger partial charge in [0.2, 0.25) is 0 Å². The third kappa shape index (κ3) is 5.53. The minimum absolute atomic E-state index is 0.788. The van der Waals surface area contributed by atoms with Crippen LogP contribution in [0.4, 0.5) is 11.4 Å². The first-order valence-corrected chi connectivity index (χ1v) is 20.9. The highest BCUT2D eigenvalue weighted by molar-refractivity contribution is 6.25. The van der Waals surface area contributed by atoms with Crippen LogP contribution >= 0.6 is 0 Å². The maximum Gasteiger partial charge on any atom is 0.137 e. The molecule has 3 aromatic heterocycles. The van der Waals surface area contributed by atoms with E-state index in [9.17, 15) is 0 Å². The number of aryl methyl sites for hydroxylation is 1. The second-order valence-electron chi connectivity index (χ2n) is 16.0. The normalized spacial score (nSPS) is 12.7. The molecular formula is C57H40N2O2. The number of anilines is 2. The summed E-state index contributed by atoms with van der Waals surface area (Å²) in [5, 5.41) is 6.24. The lowest BCUT2D eigenvalue weighted by atomic mass is 9.96. The standard InChI is InChI=1S/C57H40N2O2/c1-36-33-48-45-15-6-8-19-50(45)59-56-44(17-12-18-46(56)49(34-36)57(48)59)40-27-32-43(54(35-40)60-2)39-25-30-42(31-26-39)58(41-28-23-38(24-29-41)37-13-4-3-5-14-37)51-20-9-11-22-53-55(51)47-16-7-10-21-52(47)61-53/h3-8,10-35H,9H2,1-2H3. The quantitative estimate of drug-likeness (QED) is 0.161. The van der Waals surface area contributed by atoms with Crippen LogP contribution in [0.15, 0.2) is 192 Å². The van der Waals surface area contributed by atoms with Gasteiger partial charge in [-0.3, -0.25) is 0 Å². The number of fused-ring (bicyclic) bond motifs is 9. The molecule has 0 spiro atoms. The van der Waals surface area contributed by atoms with E-state index >= 15 is 0 Å². The van der Waals surface area contributed by atoms with Crippen LogP contribution in [0.3, 0.4) is 0 Å². The van der Waals surface area contributed by atoms with Crippen LogP contribution < -0.4 is 9.64 Å². The van der Waals surface area contributed by atoms with E-state index in [1.807, 2.05) is 12.1 Å². The molecule has 1 aliphatic rings. The molecule has 0 fully saturated rings. The van der Waals surface area contributed by atoms with Gasteiger partial charge in [-0.1, -0.05) is 133 Å². The maximum atomic E-state index is 6.45. The van der Waals surface area contributed by atoms with Crippen molar-refractivity contribution in [1.82, 2.24) is 4.40 Å². The fraction of sp³-hybridized carbons (Fsp3) is 0.0526. The minimum Gasteiger partial charge on any atom is -0.496 e. The number of benzene rings is 8. The molecule has 8 aromatic carbocycles. The number of para-hydroxylation sites is 3. The SMILES string of the molecule is COc1cc(-c2cccc3c4cc(C)cc5c6ccccc6n(c23)c54)ccc1-c1ccc(N(C2=CCC=Cc3oc4ccccc4c32)c2ccc(-c3ccccc3)cc2)cc1. The Labute approximate surface area is 353 Å². The smallest absolute Gasteiger partial charge is 0.137 e. The summed E-state index contributed by atoms with van der Waals surface area (Å²) in [6.45, 7) is 2.20. The van der Waals surface area contributed by atoms with Crippen LogP contribution in [0.2, 0.25) is 0 Å². The molecule has 0 radical (unpaired) electrons. The molecule has 0 bridgehead atoms. The van der Waals surface area contributed by atoms with Crippen molar-refractivity contribution in [3.05, 3.63) is 205 Å². The summed E-state index contributed by atoms with van der Waals surface area (Å²) in [5.41, 5.74) is 17.0. The van der Waals surface area contributed by atoms with Crippen LogP contribution in [0.25, 0.3) is 94.2 Å². The highest BCUT2D eigenvalue weighted by Crippen LogP contribution is 2.46. The Kier molecular flexibility index (Phi) is 8.01. The number of allylic oxidation sites excluding steroid dienone is 2. The summed E-state index contributed by atoms with van der Waals surface area (Å²) < 4.78 is 15.1. The summed E-state index contributed by atoms with van der Waals surface area (Å²) in [4.78, 5) is 2.37. The van der Waals surface area contributed by atoms with Crippen molar-refractivity contribution in [3.8, 4) is 39.1 Å². The monoisotopic (exact) mass is 784 g/mol. The molecule has 1 aliphatic carbocycles. The second kappa shape index (κ2) is 13.9. The number of rotatable bonds is 7. The second-order valence-corrected chi connectivity index (χ2v) is 16.0. The van der Waals surface area contributed by atoms with E-state index in [0.717, 1.165) is 68.2 Å². The van der Waals surface area contributed by atoms with Crippen molar-refractivity contribution < 1.29 is 9.15 Å². The lowest BCUT2D eigenvalue weighted by Crippen LogP contribution is -2.16. The topological polar surface area (TPSA) is 30.0 Å². The molecule has 0 unspecified atom stereocenters. The number of furan rings is 1. The van der Waals surface area contributed by atoms with Gasteiger partial charge in [0, 0.05) is 49.4 Å². The Morgan fingerprint density at radius 3 is 1.98 bits per heavy atom. The van der Waals surface area contributed by atoms with E-state index in [4.69, 9.17) is 9.15 Å². The van der Waals surface area contributed by atoms with Gasteiger partial charge in [-0.15, -0.1) is 0 Å². The van der Waals surface area contributed by atoms with Gasteiger partial charge in [-0.2, -0.15) is 0 Å². The zero-order chi connectivity index (χ0) is 40.6. The summed E-state index contributed by atoms with van der Waals surface area (Å²) >= 11 is 0. The molecule has 0 saturated carbocycles. The molecule has 0 aliphatic heterocycles. The summed E-state index contributed by atoms with van der Waals surface area (Å²) in [6, 6.07) is 63.4. The highest BCUT2D eigenvalue weighted by atomic mass is 16.5. The molecular weight excluding hydrogens is 745 g/mol. The van der Waals surface area contributed by atoms with Gasteiger partial charge in [0.15, 0.2) is 0 Å². The van der Waals surface area contributed by atoms with Gasteiger partial charge >= 0.3 is 0 Å². The predicted molar refractivity (Wildman–Crippen MR) is 255 cm³/mol. The zero-order valence-corrected chi connectivity index (χ0v) is 33.9. The number of ether oxygens (including phenoxy) is 1. The summed E-state index contributed by atoms with van der Waals surface area (Å²) in [5.74, 6) is 1.70. The van der Waals surface area contributed by atoms with Gasteiger partial charge in [0.1, 0.15) is 17.1 Å². The molecule has 12 rings (SSSR count). The van der Waals surface area contributed by atoms with Crippen molar-refractivity contribution in [2.75, 3.05) is 12.0 Å². The average Bonchev–Trinajstić information content (AvgIpc) is 3.91. The Hall–Kier alpha value is -7.82. The Bertz CT molecular complexity index is 3530. The molecule has 4 nitrogen and oxygen atoms in total. The van der Waals surface area contributed by atoms with Crippen molar-refractivity contribution in [2.24, 2.45) is 0 Å². The molecule has 0 N–H and O–H groups in total. The number of nitrogens with zero attached hydrogens (tertiary/aromatic N) is 2. The van der Waals surface area contributed by atoms with Gasteiger partial charge in [-0.05, 0) is 102 Å². The van der Waals surface area contributed by atoms with Gasteiger partial charge in [0.05, 0.1) is 34.9 Å². The van der Waals surface area contributed by atoms with E-state index in [1.54, 1.807) is 7.11 Å². The lowest BCUT2D eigenvalue weighted by Gasteiger charge is -2.28. The number of hydrogen-bond acceptors (Lipinski definition) is 3.